The Morgan fingerprint density at radius 3 is 2.47 bits per heavy atom. The highest BCUT2D eigenvalue weighted by atomic mass is 35.5. The third kappa shape index (κ3) is 3.22. The quantitative estimate of drug-likeness (QED) is 0.895. The van der Waals surface area contributed by atoms with Crippen LogP contribution in [0.1, 0.15) is 11.6 Å². The molecule has 0 amide bonds. The second-order valence-corrected chi connectivity index (χ2v) is 4.44. The van der Waals surface area contributed by atoms with E-state index in [1.54, 1.807) is 24.3 Å². The molecule has 0 saturated heterocycles. The fourth-order valence-electron chi connectivity index (χ4n) is 1.73. The molecule has 1 unspecified atom stereocenters. The van der Waals surface area contributed by atoms with Crippen LogP contribution in [0.2, 0.25) is 5.02 Å². The molecule has 2 aromatic carbocycles. The minimum atomic E-state index is -0.947. The number of hydrogen-bond donors (Lipinski definition) is 2. The second-order valence-electron chi connectivity index (χ2n) is 4.03. The van der Waals surface area contributed by atoms with Crippen LogP contribution in [-0.4, -0.2) is 11.7 Å². The van der Waals surface area contributed by atoms with Crippen LogP contribution < -0.4 is 5.32 Å². The van der Waals surface area contributed by atoms with Crippen molar-refractivity contribution in [3.05, 3.63) is 64.7 Å². The van der Waals surface area contributed by atoms with Gasteiger partial charge in [0, 0.05) is 0 Å². The molecule has 2 N–H and O–H groups in total. The second kappa shape index (κ2) is 5.99. The predicted octanol–water partition coefficient (Wildman–Crippen LogP) is 3.76. The van der Waals surface area contributed by atoms with Gasteiger partial charge in [0.1, 0.15) is 0 Å². The van der Waals surface area contributed by atoms with E-state index in [0.717, 1.165) is 12.1 Å². The summed E-state index contributed by atoms with van der Waals surface area (Å²) in [5.41, 5.74) is 1.06. The Morgan fingerprint density at radius 1 is 1.11 bits per heavy atom. The maximum Gasteiger partial charge on any atom is 0.159 e. The molecule has 100 valence electrons. The van der Waals surface area contributed by atoms with Gasteiger partial charge in [0.25, 0.3) is 0 Å². The molecule has 0 aliphatic carbocycles. The van der Waals surface area contributed by atoms with Gasteiger partial charge in [0.2, 0.25) is 0 Å². The fraction of sp³-hybridized carbons (Fsp3) is 0.143. The summed E-state index contributed by atoms with van der Waals surface area (Å²) in [4.78, 5) is 0. The van der Waals surface area contributed by atoms with Crippen LogP contribution in [0.3, 0.4) is 0 Å². The molecule has 0 fully saturated rings. The van der Waals surface area contributed by atoms with E-state index in [1.165, 1.54) is 6.07 Å². The number of benzene rings is 2. The summed E-state index contributed by atoms with van der Waals surface area (Å²) in [6.07, 6.45) is 0. The van der Waals surface area contributed by atoms with Crippen molar-refractivity contribution in [1.29, 1.82) is 0 Å². The van der Waals surface area contributed by atoms with E-state index in [9.17, 15) is 13.9 Å². The molecule has 1 atom stereocenters. The first-order chi connectivity index (χ1) is 9.11. The highest BCUT2D eigenvalue weighted by Gasteiger charge is 2.14. The molecule has 0 aliphatic heterocycles. The lowest BCUT2D eigenvalue weighted by Gasteiger charge is -2.19. The van der Waals surface area contributed by atoms with Gasteiger partial charge < -0.3 is 10.4 Å². The Kier molecular flexibility index (Phi) is 4.35. The van der Waals surface area contributed by atoms with Crippen LogP contribution in [0.4, 0.5) is 14.5 Å². The molecule has 19 heavy (non-hydrogen) atoms. The zero-order valence-corrected chi connectivity index (χ0v) is 10.7. The van der Waals surface area contributed by atoms with Gasteiger partial charge >= 0.3 is 0 Å². The topological polar surface area (TPSA) is 32.3 Å². The number of anilines is 1. The standard InChI is InChI=1S/C14H12ClF2NO/c15-10-3-1-2-4-13(10)18-14(8-19)9-5-6-11(16)12(17)7-9/h1-7,14,18-19H,8H2. The van der Waals surface area contributed by atoms with Gasteiger partial charge in [-0.05, 0) is 29.8 Å². The average Bonchev–Trinajstić information content (AvgIpc) is 2.41. The SMILES string of the molecule is OCC(Nc1ccccc1Cl)c1ccc(F)c(F)c1. The van der Waals surface area contributed by atoms with Crippen molar-refractivity contribution in [3.63, 3.8) is 0 Å². The van der Waals surface area contributed by atoms with Crippen LogP contribution in [0.15, 0.2) is 42.5 Å². The molecule has 2 rings (SSSR count). The van der Waals surface area contributed by atoms with E-state index < -0.39 is 17.7 Å². The van der Waals surface area contributed by atoms with E-state index in [4.69, 9.17) is 11.6 Å². The first-order valence-corrected chi connectivity index (χ1v) is 6.06. The zero-order chi connectivity index (χ0) is 13.8. The molecular formula is C14H12ClF2NO. The molecule has 0 aliphatic rings. The molecule has 0 heterocycles. The van der Waals surface area contributed by atoms with Crippen LogP contribution in [-0.2, 0) is 0 Å². The Morgan fingerprint density at radius 2 is 1.84 bits per heavy atom. The number of halogens is 3. The van der Waals surface area contributed by atoms with Crippen LogP contribution in [0, 0.1) is 11.6 Å². The van der Waals surface area contributed by atoms with Crippen molar-refractivity contribution in [1.82, 2.24) is 0 Å². The van der Waals surface area contributed by atoms with E-state index in [1.807, 2.05) is 0 Å². The molecular weight excluding hydrogens is 272 g/mol. The van der Waals surface area contributed by atoms with Crippen molar-refractivity contribution in [2.24, 2.45) is 0 Å². The molecule has 0 bridgehead atoms. The molecule has 2 aromatic rings. The molecule has 2 nitrogen and oxygen atoms in total. The van der Waals surface area contributed by atoms with Crippen LogP contribution >= 0.6 is 11.6 Å². The minimum absolute atomic E-state index is 0.268. The maximum atomic E-state index is 13.2. The summed E-state index contributed by atoms with van der Waals surface area (Å²) in [7, 11) is 0. The van der Waals surface area contributed by atoms with Crippen LogP contribution in [0.25, 0.3) is 0 Å². The summed E-state index contributed by atoms with van der Waals surface area (Å²) in [5, 5.41) is 12.8. The lowest BCUT2D eigenvalue weighted by Crippen LogP contribution is -2.15. The monoisotopic (exact) mass is 283 g/mol. The fourth-order valence-corrected chi connectivity index (χ4v) is 1.92. The van der Waals surface area contributed by atoms with Crippen LogP contribution in [0.5, 0.6) is 0 Å². The van der Waals surface area contributed by atoms with E-state index in [-0.39, 0.29) is 6.61 Å². The van der Waals surface area contributed by atoms with Crippen molar-refractivity contribution in [2.45, 2.75) is 6.04 Å². The summed E-state index contributed by atoms with van der Waals surface area (Å²) in [6, 6.07) is 9.95. The number of para-hydroxylation sites is 1. The average molecular weight is 284 g/mol. The van der Waals surface area contributed by atoms with Crippen molar-refractivity contribution < 1.29 is 13.9 Å². The third-order valence-electron chi connectivity index (χ3n) is 2.73. The van der Waals surface area contributed by atoms with Gasteiger partial charge in [-0.25, -0.2) is 8.78 Å². The third-order valence-corrected chi connectivity index (χ3v) is 3.06. The van der Waals surface area contributed by atoms with Crippen molar-refractivity contribution in [2.75, 3.05) is 11.9 Å². The number of nitrogens with one attached hydrogen (secondary N) is 1. The molecule has 0 aromatic heterocycles. The van der Waals surface area contributed by atoms with Gasteiger partial charge in [-0.15, -0.1) is 0 Å². The van der Waals surface area contributed by atoms with Gasteiger partial charge in [0.15, 0.2) is 11.6 Å². The predicted molar refractivity (Wildman–Crippen MR) is 71.3 cm³/mol. The first kappa shape index (κ1) is 13.8. The lowest BCUT2D eigenvalue weighted by molar-refractivity contribution is 0.276. The Bertz CT molecular complexity index is 577. The normalized spacial score (nSPS) is 12.2. The smallest absolute Gasteiger partial charge is 0.159 e. The van der Waals surface area contributed by atoms with Gasteiger partial charge in [-0.2, -0.15) is 0 Å². The number of aliphatic hydroxyl groups excluding tert-OH is 1. The molecule has 0 spiro atoms. The van der Waals surface area contributed by atoms with Gasteiger partial charge in [-0.3, -0.25) is 0 Å². The molecule has 0 saturated carbocycles. The van der Waals surface area contributed by atoms with Crippen molar-refractivity contribution >= 4 is 17.3 Å². The Balaban J connectivity index is 2.25. The largest absolute Gasteiger partial charge is 0.394 e. The summed E-state index contributed by atoms with van der Waals surface area (Å²) < 4.78 is 26.1. The zero-order valence-electron chi connectivity index (χ0n) is 9.91. The molecule has 5 heteroatoms. The maximum absolute atomic E-state index is 13.2. The Labute approximate surface area is 114 Å². The number of aliphatic hydroxyl groups is 1. The van der Waals surface area contributed by atoms with E-state index >= 15 is 0 Å². The lowest BCUT2D eigenvalue weighted by atomic mass is 10.1. The highest BCUT2D eigenvalue weighted by Crippen LogP contribution is 2.26. The van der Waals surface area contributed by atoms with Gasteiger partial charge in [0.05, 0.1) is 23.4 Å². The highest BCUT2D eigenvalue weighted by molar-refractivity contribution is 6.33. The van der Waals surface area contributed by atoms with Gasteiger partial charge in [-0.1, -0.05) is 29.8 Å². The van der Waals surface area contributed by atoms with Crippen molar-refractivity contribution in [3.8, 4) is 0 Å². The summed E-state index contributed by atoms with van der Waals surface area (Å²) in [6.45, 7) is -0.268. The first-order valence-electron chi connectivity index (χ1n) is 5.68. The Hall–Kier alpha value is -1.65. The summed E-state index contributed by atoms with van der Waals surface area (Å²) in [5.74, 6) is -1.87. The van der Waals surface area contributed by atoms with E-state index in [0.29, 0.717) is 16.3 Å². The molecule has 0 radical (unpaired) electrons. The summed E-state index contributed by atoms with van der Waals surface area (Å²) >= 11 is 5.99. The number of rotatable bonds is 4. The number of hydrogen-bond acceptors (Lipinski definition) is 2. The minimum Gasteiger partial charge on any atom is -0.394 e. The van der Waals surface area contributed by atoms with E-state index in [2.05, 4.69) is 5.32 Å².